The molecular formula is C22H23FN4O3. The van der Waals surface area contributed by atoms with Gasteiger partial charge in [-0.3, -0.25) is 19.1 Å². The topological polar surface area (TPSA) is 84.3 Å². The summed E-state index contributed by atoms with van der Waals surface area (Å²) in [5.41, 5.74) is 0.130. The molecule has 0 unspecified atom stereocenters. The van der Waals surface area contributed by atoms with Crippen molar-refractivity contribution < 1.29 is 14.0 Å². The molecule has 3 rings (SSSR count). The Hall–Kier alpha value is -3.55. The number of nitrogens with zero attached hydrogens (tertiary/aromatic N) is 3. The number of hydrogen-bond donors (Lipinski definition) is 1. The lowest BCUT2D eigenvalue weighted by atomic mass is 10.1. The molecule has 0 aliphatic carbocycles. The number of carbonyl (C=O) groups is 2. The quantitative estimate of drug-likeness (QED) is 0.701. The molecule has 0 saturated carbocycles. The second-order valence-corrected chi connectivity index (χ2v) is 7.89. The summed E-state index contributed by atoms with van der Waals surface area (Å²) in [5.74, 6) is -1.12. The third-order valence-corrected chi connectivity index (χ3v) is 4.59. The first-order valence-electron chi connectivity index (χ1n) is 9.46. The predicted molar refractivity (Wildman–Crippen MR) is 112 cm³/mol. The van der Waals surface area contributed by atoms with E-state index in [1.54, 1.807) is 24.3 Å². The molecule has 8 heteroatoms. The summed E-state index contributed by atoms with van der Waals surface area (Å²) in [6, 6.07) is 12.3. The summed E-state index contributed by atoms with van der Waals surface area (Å²) < 4.78 is 14.5. The average Bonchev–Trinajstić information content (AvgIpc) is 2.69. The Morgan fingerprint density at radius 2 is 1.77 bits per heavy atom. The van der Waals surface area contributed by atoms with Crippen LogP contribution in [0.1, 0.15) is 20.8 Å². The smallest absolute Gasteiger partial charge is 0.245 e. The van der Waals surface area contributed by atoms with Gasteiger partial charge in [0.15, 0.2) is 0 Å². The molecule has 0 aliphatic rings. The van der Waals surface area contributed by atoms with Gasteiger partial charge in [-0.2, -0.15) is 5.10 Å². The molecule has 0 bridgehead atoms. The molecule has 1 aromatic heterocycles. The fourth-order valence-corrected chi connectivity index (χ4v) is 3.08. The van der Waals surface area contributed by atoms with Gasteiger partial charge in [-0.15, -0.1) is 0 Å². The molecule has 1 N–H and O–H groups in total. The van der Waals surface area contributed by atoms with Gasteiger partial charge in [0, 0.05) is 16.6 Å². The van der Waals surface area contributed by atoms with E-state index in [1.807, 2.05) is 20.8 Å². The molecule has 0 aliphatic heterocycles. The van der Waals surface area contributed by atoms with Gasteiger partial charge in [0.05, 0.1) is 11.7 Å². The summed E-state index contributed by atoms with van der Waals surface area (Å²) in [6.45, 7) is 5.17. The van der Waals surface area contributed by atoms with Crippen molar-refractivity contribution in [2.24, 2.45) is 0 Å². The van der Waals surface area contributed by atoms with E-state index >= 15 is 0 Å². The molecule has 30 heavy (non-hydrogen) atoms. The van der Waals surface area contributed by atoms with Crippen molar-refractivity contribution >= 4 is 28.4 Å². The van der Waals surface area contributed by atoms with Gasteiger partial charge >= 0.3 is 0 Å². The molecule has 0 radical (unpaired) electrons. The summed E-state index contributed by atoms with van der Waals surface area (Å²) in [5, 5.41) is 7.22. The molecule has 7 nitrogen and oxygen atoms in total. The highest BCUT2D eigenvalue weighted by atomic mass is 19.1. The second kappa shape index (κ2) is 8.44. The van der Waals surface area contributed by atoms with E-state index in [4.69, 9.17) is 0 Å². The minimum atomic E-state index is -0.633. The first kappa shape index (κ1) is 21.2. The first-order chi connectivity index (χ1) is 14.1. The van der Waals surface area contributed by atoms with Crippen LogP contribution in [0.15, 0.2) is 59.5 Å². The highest BCUT2D eigenvalue weighted by Crippen LogP contribution is 2.16. The summed E-state index contributed by atoms with van der Waals surface area (Å²) in [7, 11) is 0. The van der Waals surface area contributed by atoms with Crippen LogP contribution in [0.5, 0.6) is 0 Å². The van der Waals surface area contributed by atoms with Gasteiger partial charge in [-0.1, -0.05) is 12.1 Å². The molecule has 2 aromatic carbocycles. The Bertz CT molecular complexity index is 1130. The normalized spacial score (nSPS) is 11.3. The van der Waals surface area contributed by atoms with Gasteiger partial charge < -0.3 is 10.2 Å². The van der Waals surface area contributed by atoms with Crippen molar-refractivity contribution in [3.8, 4) is 0 Å². The predicted octanol–water partition coefficient (Wildman–Crippen LogP) is 2.80. The zero-order valence-corrected chi connectivity index (χ0v) is 17.1. The van der Waals surface area contributed by atoms with E-state index in [2.05, 4.69) is 10.4 Å². The van der Waals surface area contributed by atoms with Crippen LogP contribution in [0.3, 0.4) is 0 Å². The van der Waals surface area contributed by atoms with Crippen molar-refractivity contribution in [2.75, 3.05) is 11.9 Å². The highest BCUT2D eigenvalue weighted by molar-refractivity contribution is 5.94. The van der Waals surface area contributed by atoms with E-state index in [0.29, 0.717) is 16.6 Å². The van der Waals surface area contributed by atoms with Crippen molar-refractivity contribution in [1.29, 1.82) is 0 Å². The van der Waals surface area contributed by atoms with Crippen molar-refractivity contribution in [3.63, 3.8) is 0 Å². The summed E-state index contributed by atoms with van der Waals surface area (Å²) in [4.78, 5) is 39.0. The number of carbonyl (C=O) groups excluding carboxylic acids is 2. The number of fused-ring (bicyclic) bond motifs is 1. The molecule has 0 saturated heterocycles. The average molecular weight is 410 g/mol. The molecule has 3 aromatic rings. The van der Waals surface area contributed by atoms with E-state index in [0.717, 1.165) is 0 Å². The van der Waals surface area contributed by atoms with E-state index < -0.39 is 17.3 Å². The van der Waals surface area contributed by atoms with E-state index in [1.165, 1.54) is 40.0 Å². The SMILES string of the molecule is CC(C)(C)N(CC(=O)Nc1ccc(F)cc1)C(=O)Cn1ncc(=O)c2ccccc21. The fourth-order valence-electron chi connectivity index (χ4n) is 3.08. The third kappa shape index (κ3) is 4.89. The number of anilines is 1. The standard InChI is InChI=1S/C22H23FN4O3/c1-22(2,3)26(13-20(29)25-16-10-8-15(23)9-11-16)21(30)14-27-18-7-5-4-6-17(18)19(28)12-24-27/h4-12H,13-14H2,1-3H3,(H,25,29). The van der Waals surface area contributed by atoms with Crippen LogP contribution < -0.4 is 10.7 Å². The third-order valence-electron chi connectivity index (χ3n) is 4.59. The number of benzene rings is 2. The number of aromatic nitrogens is 2. The molecule has 0 atom stereocenters. The van der Waals surface area contributed by atoms with Crippen LogP contribution in [0.25, 0.3) is 10.9 Å². The number of amides is 2. The summed E-state index contributed by atoms with van der Waals surface area (Å²) >= 11 is 0. The van der Waals surface area contributed by atoms with Gasteiger partial charge in [0.1, 0.15) is 18.9 Å². The van der Waals surface area contributed by atoms with Gasteiger partial charge in [0.25, 0.3) is 0 Å². The largest absolute Gasteiger partial charge is 0.327 e. The van der Waals surface area contributed by atoms with Crippen LogP contribution in [0.4, 0.5) is 10.1 Å². The summed E-state index contributed by atoms with van der Waals surface area (Å²) in [6.07, 6.45) is 1.18. The molecule has 0 spiro atoms. The van der Waals surface area contributed by atoms with Crippen molar-refractivity contribution in [3.05, 3.63) is 70.8 Å². The Morgan fingerprint density at radius 1 is 1.10 bits per heavy atom. The number of nitrogens with one attached hydrogen (secondary N) is 1. The lowest BCUT2D eigenvalue weighted by molar-refractivity contribution is -0.140. The minimum absolute atomic E-state index is 0.123. The first-order valence-corrected chi connectivity index (χ1v) is 9.46. The molecule has 2 amide bonds. The Labute approximate surface area is 173 Å². The molecule has 1 heterocycles. The number of rotatable bonds is 5. The van der Waals surface area contributed by atoms with Crippen LogP contribution in [-0.2, 0) is 16.1 Å². The van der Waals surface area contributed by atoms with Crippen LogP contribution >= 0.6 is 0 Å². The van der Waals surface area contributed by atoms with Crippen molar-refractivity contribution in [1.82, 2.24) is 14.7 Å². The molecular weight excluding hydrogens is 387 g/mol. The Kier molecular flexibility index (Phi) is 5.96. The van der Waals surface area contributed by atoms with Crippen LogP contribution in [0.2, 0.25) is 0 Å². The maximum Gasteiger partial charge on any atom is 0.245 e. The van der Waals surface area contributed by atoms with Crippen LogP contribution in [-0.4, -0.2) is 38.6 Å². The Morgan fingerprint density at radius 3 is 2.43 bits per heavy atom. The molecule has 0 fully saturated rings. The van der Waals surface area contributed by atoms with Gasteiger partial charge in [0.2, 0.25) is 17.2 Å². The molecule has 156 valence electrons. The van der Waals surface area contributed by atoms with Crippen molar-refractivity contribution in [2.45, 2.75) is 32.9 Å². The van der Waals surface area contributed by atoms with Gasteiger partial charge in [-0.05, 0) is 57.2 Å². The highest BCUT2D eigenvalue weighted by Gasteiger charge is 2.29. The number of hydrogen-bond acceptors (Lipinski definition) is 4. The zero-order chi connectivity index (χ0) is 21.9. The maximum absolute atomic E-state index is 13.1. The monoisotopic (exact) mass is 410 g/mol. The van der Waals surface area contributed by atoms with E-state index in [-0.39, 0.29) is 24.4 Å². The fraction of sp³-hybridized carbons (Fsp3) is 0.273. The Balaban J connectivity index is 1.80. The number of para-hydroxylation sites is 1. The number of halogens is 1. The lowest BCUT2D eigenvalue weighted by Gasteiger charge is -2.35. The zero-order valence-electron chi connectivity index (χ0n) is 17.1. The van der Waals surface area contributed by atoms with Gasteiger partial charge in [-0.25, -0.2) is 4.39 Å². The lowest BCUT2D eigenvalue weighted by Crippen LogP contribution is -2.50. The minimum Gasteiger partial charge on any atom is -0.327 e. The second-order valence-electron chi connectivity index (χ2n) is 7.89. The van der Waals surface area contributed by atoms with E-state index in [9.17, 15) is 18.8 Å². The van der Waals surface area contributed by atoms with Crippen LogP contribution in [0, 0.1) is 5.82 Å². The maximum atomic E-state index is 13.1.